The summed E-state index contributed by atoms with van der Waals surface area (Å²) in [6, 6.07) is 11.6. The predicted molar refractivity (Wildman–Crippen MR) is 88.8 cm³/mol. The number of halogens is 3. The number of amides is 1. The van der Waals surface area contributed by atoms with E-state index in [1.165, 1.54) is 17.0 Å². The molecule has 0 spiro atoms. The molecule has 0 fully saturated rings. The summed E-state index contributed by atoms with van der Waals surface area (Å²) < 4.78 is 43.8. The number of esters is 1. The number of rotatable bonds is 3. The number of nitrogens with zero attached hydrogens (tertiary/aromatic N) is 1. The van der Waals surface area contributed by atoms with Crippen LogP contribution < -0.4 is 4.90 Å². The lowest BCUT2D eigenvalue weighted by atomic mass is 10.1. The van der Waals surface area contributed by atoms with Crippen molar-refractivity contribution in [1.82, 2.24) is 0 Å². The molecule has 136 valence electrons. The fourth-order valence-electron chi connectivity index (χ4n) is 3.13. The molecule has 0 aromatic heterocycles. The lowest BCUT2D eigenvalue weighted by Crippen LogP contribution is -2.38. The van der Waals surface area contributed by atoms with Crippen LogP contribution in [0.1, 0.15) is 28.4 Å². The third-order valence-electron chi connectivity index (χ3n) is 4.26. The molecular weight excluding hydrogens is 347 g/mol. The molecule has 0 saturated carbocycles. The van der Waals surface area contributed by atoms with Gasteiger partial charge in [-0.2, -0.15) is 13.2 Å². The van der Waals surface area contributed by atoms with E-state index in [9.17, 15) is 22.8 Å². The molecule has 4 nitrogen and oxygen atoms in total. The first kappa shape index (κ1) is 18.0. The summed E-state index contributed by atoms with van der Waals surface area (Å²) in [6.45, 7) is 1.24. The van der Waals surface area contributed by atoms with Crippen LogP contribution in [0, 0.1) is 0 Å². The molecule has 1 aliphatic heterocycles. The van der Waals surface area contributed by atoms with Gasteiger partial charge in [-0.3, -0.25) is 4.79 Å². The average Bonchev–Trinajstić information content (AvgIpc) is 2.94. The van der Waals surface area contributed by atoms with Crippen molar-refractivity contribution in [2.45, 2.75) is 25.6 Å². The van der Waals surface area contributed by atoms with Gasteiger partial charge >= 0.3 is 12.1 Å². The zero-order valence-electron chi connectivity index (χ0n) is 13.9. The van der Waals surface area contributed by atoms with E-state index >= 15 is 0 Å². The van der Waals surface area contributed by atoms with Crippen LogP contribution in [0.4, 0.5) is 18.9 Å². The van der Waals surface area contributed by atoms with E-state index < -0.39 is 35.8 Å². The molecule has 1 amide bonds. The summed E-state index contributed by atoms with van der Waals surface area (Å²) in [7, 11) is 0. The fraction of sp³-hybridized carbons (Fsp3) is 0.263. The number of alkyl halides is 3. The summed E-state index contributed by atoms with van der Waals surface area (Å²) >= 11 is 0. The van der Waals surface area contributed by atoms with Crippen molar-refractivity contribution < 1.29 is 27.5 Å². The van der Waals surface area contributed by atoms with Crippen molar-refractivity contribution in [2.75, 3.05) is 11.5 Å². The molecule has 2 aromatic carbocycles. The van der Waals surface area contributed by atoms with Gasteiger partial charge in [-0.15, -0.1) is 0 Å². The SMILES string of the molecule is CC1Cc2ccccc2N1C(=O)COC(=O)c1ccccc1C(F)(F)F. The minimum atomic E-state index is -4.68. The van der Waals surface area contributed by atoms with Gasteiger partial charge in [0.25, 0.3) is 5.91 Å². The van der Waals surface area contributed by atoms with Gasteiger partial charge < -0.3 is 9.64 Å². The Morgan fingerprint density at radius 3 is 2.50 bits per heavy atom. The smallest absolute Gasteiger partial charge is 0.417 e. The molecule has 0 radical (unpaired) electrons. The van der Waals surface area contributed by atoms with Gasteiger partial charge in [0, 0.05) is 11.7 Å². The predicted octanol–water partition coefficient (Wildman–Crippen LogP) is 3.84. The molecule has 0 aliphatic carbocycles. The van der Waals surface area contributed by atoms with Crippen LogP contribution in [-0.2, 0) is 22.1 Å². The number of carbonyl (C=O) groups is 2. The highest BCUT2D eigenvalue weighted by Gasteiger charge is 2.36. The van der Waals surface area contributed by atoms with E-state index in [4.69, 9.17) is 4.74 Å². The fourth-order valence-corrected chi connectivity index (χ4v) is 3.13. The zero-order valence-corrected chi connectivity index (χ0v) is 13.9. The monoisotopic (exact) mass is 363 g/mol. The number of anilines is 1. The van der Waals surface area contributed by atoms with Crippen LogP contribution in [0.15, 0.2) is 48.5 Å². The first-order valence-corrected chi connectivity index (χ1v) is 8.02. The molecular formula is C19H16F3NO3. The summed E-state index contributed by atoms with van der Waals surface area (Å²) in [6.07, 6.45) is -4.01. The number of carbonyl (C=O) groups excluding carboxylic acids is 2. The minimum Gasteiger partial charge on any atom is -0.452 e. The van der Waals surface area contributed by atoms with Gasteiger partial charge in [-0.05, 0) is 37.1 Å². The van der Waals surface area contributed by atoms with Gasteiger partial charge in [-0.1, -0.05) is 30.3 Å². The van der Waals surface area contributed by atoms with Crippen molar-refractivity contribution in [3.05, 3.63) is 65.2 Å². The third kappa shape index (κ3) is 3.42. The van der Waals surface area contributed by atoms with E-state index in [2.05, 4.69) is 0 Å². The van der Waals surface area contributed by atoms with Crippen LogP contribution >= 0.6 is 0 Å². The second-order valence-electron chi connectivity index (χ2n) is 6.07. The summed E-state index contributed by atoms with van der Waals surface area (Å²) in [5.41, 5.74) is 0.0406. The summed E-state index contributed by atoms with van der Waals surface area (Å²) in [5.74, 6) is -1.65. The second-order valence-corrected chi connectivity index (χ2v) is 6.07. The van der Waals surface area contributed by atoms with Gasteiger partial charge in [0.05, 0.1) is 11.1 Å². The average molecular weight is 363 g/mol. The number of para-hydroxylation sites is 1. The van der Waals surface area contributed by atoms with Crippen LogP contribution in [0.5, 0.6) is 0 Å². The van der Waals surface area contributed by atoms with Crippen LogP contribution in [0.2, 0.25) is 0 Å². The normalized spacial score (nSPS) is 16.3. The van der Waals surface area contributed by atoms with Crippen molar-refractivity contribution in [3.63, 3.8) is 0 Å². The Balaban J connectivity index is 1.72. The first-order valence-electron chi connectivity index (χ1n) is 8.02. The number of hydrogen-bond donors (Lipinski definition) is 0. The van der Waals surface area contributed by atoms with E-state index in [0.29, 0.717) is 6.42 Å². The molecule has 0 N–H and O–H groups in total. The van der Waals surface area contributed by atoms with E-state index in [-0.39, 0.29) is 6.04 Å². The molecule has 0 bridgehead atoms. The number of ether oxygens (including phenoxy) is 1. The second kappa shape index (κ2) is 6.82. The first-order chi connectivity index (χ1) is 12.3. The highest BCUT2D eigenvalue weighted by molar-refractivity contribution is 5.99. The number of benzene rings is 2. The Morgan fingerprint density at radius 2 is 1.77 bits per heavy atom. The largest absolute Gasteiger partial charge is 0.452 e. The van der Waals surface area contributed by atoms with Gasteiger partial charge in [0.2, 0.25) is 0 Å². The Morgan fingerprint density at radius 1 is 1.12 bits per heavy atom. The molecule has 1 aliphatic rings. The van der Waals surface area contributed by atoms with Crippen molar-refractivity contribution in [3.8, 4) is 0 Å². The molecule has 7 heteroatoms. The summed E-state index contributed by atoms with van der Waals surface area (Å²) in [5, 5.41) is 0. The topological polar surface area (TPSA) is 46.6 Å². The van der Waals surface area contributed by atoms with Crippen molar-refractivity contribution >= 4 is 17.6 Å². The Hall–Kier alpha value is -2.83. The van der Waals surface area contributed by atoms with Gasteiger partial charge in [0.1, 0.15) is 0 Å². The molecule has 3 rings (SSSR count). The van der Waals surface area contributed by atoms with Gasteiger partial charge in [-0.25, -0.2) is 4.79 Å². The lowest BCUT2D eigenvalue weighted by Gasteiger charge is -2.22. The maximum absolute atomic E-state index is 13.0. The Labute approximate surface area is 148 Å². The lowest BCUT2D eigenvalue weighted by molar-refractivity contribution is -0.138. The number of fused-ring (bicyclic) bond motifs is 1. The highest BCUT2D eigenvalue weighted by atomic mass is 19.4. The molecule has 26 heavy (non-hydrogen) atoms. The Bertz CT molecular complexity index is 848. The Kier molecular flexibility index (Phi) is 4.71. The van der Waals surface area contributed by atoms with E-state index in [1.54, 1.807) is 12.1 Å². The van der Waals surface area contributed by atoms with Crippen LogP contribution in [0.25, 0.3) is 0 Å². The molecule has 1 atom stereocenters. The van der Waals surface area contributed by atoms with E-state index in [0.717, 1.165) is 23.4 Å². The van der Waals surface area contributed by atoms with Crippen molar-refractivity contribution in [2.24, 2.45) is 0 Å². The molecule has 1 heterocycles. The highest BCUT2D eigenvalue weighted by Crippen LogP contribution is 2.33. The maximum Gasteiger partial charge on any atom is 0.417 e. The quantitative estimate of drug-likeness (QED) is 0.779. The van der Waals surface area contributed by atoms with Crippen molar-refractivity contribution in [1.29, 1.82) is 0 Å². The van der Waals surface area contributed by atoms with Crippen LogP contribution in [-0.4, -0.2) is 24.5 Å². The molecule has 1 unspecified atom stereocenters. The molecule has 0 saturated heterocycles. The zero-order chi connectivity index (χ0) is 18.9. The van der Waals surface area contributed by atoms with Crippen LogP contribution in [0.3, 0.4) is 0 Å². The number of hydrogen-bond acceptors (Lipinski definition) is 3. The summed E-state index contributed by atoms with van der Waals surface area (Å²) in [4.78, 5) is 26.0. The third-order valence-corrected chi connectivity index (χ3v) is 4.26. The van der Waals surface area contributed by atoms with Gasteiger partial charge in [0.15, 0.2) is 6.61 Å². The maximum atomic E-state index is 13.0. The van der Waals surface area contributed by atoms with E-state index in [1.807, 2.05) is 19.1 Å². The standard InChI is InChI=1S/C19H16F3NO3/c1-12-10-13-6-2-5-9-16(13)23(12)17(24)11-26-18(25)14-7-3-4-8-15(14)19(20,21)22/h2-9,12H,10-11H2,1H3. The molecule has 2 aromatic rings. The minimum absolute atomic E-state index is 0.110.